The van der Waals surface area contributed by atoms with E-state index in [0.29, 0.717) is 46.9 Å². The lowest BCUT2D eigenvalue weighted by molar-refractivity contribution is 0.0600. The quantitative estimate of drug-likeness (QED) is 0.374. The van der Waals surface area contributed by atoms with E-state index in [1.54, 1.807) is 36.4 Å². The number of nitrogens with one attached hydrogen (secondary N) is 1. The number of methoxy groups -OCH3 is 2. The Kier molecular flexibility index (Phi) is 6.46. The van der Waals surface area contributed by atoms with Crippen LogP contribution < -0.4 is 19.5 Å². The SMILES string of the molecule is COC(=O)c1cc(NC(=O)c2cn(C(C)=O)c3ccc(OC)cc23)c(F)c(-c2ccc3c(c2)OCCO3)c1. The average molecular weight is 518 g/mol. The second-order valence-corrected chi connectivity index (χ2v) is 8.50. The van der Waals surface area contributed by atoms with Gasteiger partial charge in [0.2, 0.25) is 5.91 Å². The van der Waals surface area contributed by atoms with E-state index < -0.39 is 17.7 Å². The minimum atomic E-state index is -0.768. The van der Waals surface area contributed by atoms with E-state index in [1.807, 2.05) is 0 Å². The normalized spacial score (nSPS) is 12.2. The number of esters is 1. The van der Waals surface area contributed by atoms with Gasteiger partial charge in [-0.05, 0) is 48.0 Å². The number of nitrogens with zero attached hydrogens (tertiary/aromatic N) is 1. The van der Waals surface area contributed by atoms with Crippen molar-refractivity contribution in [1.29, 1.82) is 0 Å². The molecule has 0 fully saturated rings. The molecule has 0 atom stereocenters. The first-order chi connectivity index (χ1) is 18.3. The van der Waals surface area contributed by atoms with Crippen molar-refractivity contribution in [2.24, 2.45) is 0 Å². The second-order valence-electron chi connectivity index (χ2n) is 8.50. The largest absolute Gasteiger partial charge is 0.497 e. The van der Waals surface area contributed by atoms with Gasteiger partial charge in [0.25, 0.3) is 5.91 Å². The molecule has 0 radical (unpaired) electrons. The molecule has 0 saturated carbocycles. The van der Waals surface area contributed by atoms with E-state index in [1.165, 1.54) is 44.0 Å². The first-order valence-electron chi connectivity index (χ1n) is 11.6. The molecule has 0 saturated heterocycles. The fraction of sp³-hybridized carbons (Fsp3) is 0.179. The summed E-state index contributed by atoms with van der Waals surface area (Å²) >= 11 is 0. The Morgan fingerprint density at radius 2 is 1.74 bits per heavy atom. The first-order valence-corrected chi connectivity index (χ1v) is 11.6. The van der Waals surface area contributed by atoms with Crippen molar-refractivity contribution < 1.29 is 37.7 Å². The van der Waals surface area contributed by atoms with Gasteiger partial charge in [-0.25, -0.2) is 9.18 Å². The topological polar surface area (TPSA) is 105 Å². The Morgan fingerprint density at radius 3 is 2.45 bits per heavy atom. The smallest absolute Gasteiger partial charge is 0.337 e. The molecule has 2 heterocycles. The molecule has 1 N–H and O–H groups in total. The van der Waals surface area contributed by atoms with Crippen molar-refractivity contribution in [2.75, 3.05) is 32.8 Å². The summed E-state index contributed by atoms with van der Waals surface area (Å²) in [5, 5.41) is 3.00. The monoisotopic (exact) mass is 518 g/mol. The van der Waals surface area contributed by atoms with E-state index in [0.717, 1.165) is 0 Å². The molecular formula is C28H23FN2O7. The standard InChI is InChI=1S/C28H23FN2O7/c1-15(32)31-14-21(20-13-18(35-2)5-6-23(20)31)27(33)30-22-11-17(28(34)36-3)10-19(26(22)29)16-4-7-24-25(12-16)38-9-8-37-24/h4-7,10-14H,8-9H2,1-3H3,(H,30,33). The highest BCUT2D eigenvalue weighted by atomic mass is 19.1. The number of carbonyl (C=O) groups excluding carboxylic acids is 3. The van der Waals surface area contributed by atoms with Crippen LogP contribution in [0, 0.1) is 5.82 Å². The lowest BCUT2D eigenvalue weighted by Gasteiger charge is -2.19. The zero-order chi connectivity index (χ0) is 27.0. The van der Waals surface area contributed by atoms with Crippen LogP contribution in [0.2, 0.25) is 0 Å². The van der Waals surface area contributed by atoms with Crippen LogP contribution in [0.4, 0.5) is 10.1 Å². The number of amides is 1. The summed E-state index contributed by atoms with van der Waals surface area (Å²) in [6.07, 6.45) is 1.38. The molecule has 194 valence electrons. The summed E-state index contributed by atoms with van der Waals surface area (Å²) in [4.78, 5) is 38.0. The molecule has 10 heteroatoms. The first kappa shape index (κ1) is 24.8. The van der Waals surface area contributed by atoms with E-state index in [4.69, 9.17) is 18.9 Å². The van der Waals surface area contributed by atoms with Crippen LogP contribution in [0.5, 0.6) is 17.2 Å². The van der Waals surface area contributed by atoms with Gasteiger partial charge < -0.3 is 24.3 Å². The molecule has 4 aromatic rings. The number of fused-ring (bicyclic) bond motifs is 2. The number of rotatable bonds is 5. The van der Waals surface area contributed by atoms with Crippen molar-refractivity contribution in [3.05, 3.63) is 71.7 Å². The number of hydrogen-bond acceptors (Lipinski definition) is 7. The molecule has 5 rings (SSSR count). The van der Waals surface area contributed by atoms with Crippen molar-refractivity contribution >= 4 is 34.4 Å². The van der Waals surface area contributed by atoms with Gasteiger partial charge in [0.15, 0.2) is 17.3 Å². The summed E-state index contributed by atoms with van der Waals surface area (Å²) in [7, 11) is 2.69. The van der Waals surface area contributed by atoms with Crippen LogP contribution in [0.25, 0.3) is 22.0 Å². The predicted octanol–water partition coefficient (Wildman–Crippen LogP) is 4.93. The Hall–Kier alpha value is -4.86. The van der Waals surface area contributed by atoms with Crippen molar-refractivity contribution in [2.45, 2.75) is 6.92 Å². The van der Waals surface area contributed by atoms with E-state index in [9.17, 15) is 14.4 Å². The van der Waals surface area contributed by atoms with Gasteiger partial charge in [-0.1, -0.05) is 6.07 Å². The predicted molar refractivity (Wildman–Crippen MR) is 137 cm³/mol. The number of aromatic nitrogens is 1. The molecule has 3 aromatic carbocycles. The summed E-state index contributed by atoms with van der Waals surface area (Å²) in [5.41, 5.74) is 0.859. The van der Waals surface area contributed by atoms with Gasteiger partial charge in [0.1, 0.15) is 19.0 Å². The molecule has 9 nitrogen and oxygen atoms in total. The molecule has 0 unspecified atom stereocenters. The Morgan fingerprint density at radius 1 is 0.974 bits per heavy atom. The van der Waals surface area contributed by atoms with Gasteiger partial charge in [0, 0.05) is 24.1 Å². The molecule has 0 bridgehead atoms. The third-order valence-corrected chi connectivity index (χ3v) is 6.19. The van der Waals surface area contributed by atoms with Crippen LogP contribution in [0.3, 0.4) is 0 Å². The van der Waals surface area contributed by atoms with Crippen molar-refractivity contribution in [3.8, 4) is 28.4 Å². The molecule has 1 aliphatic heterocycles. The zero-order valence-corrected chi connectivity index (χ0v) is 20.8. The third-order valence-electron chi connectivity index (χ3n) is 6.19. The molecule has 0 aliphatic carbocycles. The second kappa shape index (κ2) is 9.89. The maximum Gasteiger partial charge on any atom is 0.337 e. The van der Waals surface area contributed by atoms with E-state index in [2.05, 4.69) is 5.32 Å². The summed E-state index contributed by atoms with van der Waals surface area (Å²) in [5.74, 6) is -1.03. The summed E-state index contributed by atoms with van der Waals surface area (Å²) < 4.78 is 38.4. The number of benzene rings is 3. The third kappa shape index (κ3) is 4.40. The van der Waals surface area contributed by atoms with Crippen LogP contribution in [-0.4, -0.2) is 49.8 Å². The van der Waals surface area contributed by atoms with Crippen LogP contribution in [0.1, 0.15) is 32.4 Å². The van der Waals surface area contributed by atoms with Crippen LogP contribution in [-0.2, 0) is 4.74 Å². The highest BCUT2D eigenvalue weighted by Crippen LogP contribution is 2.37. The maximum atomic E-state index is 15.9. The fourth-order valence-electron chi connectivity index (χ4n) is 4.34. The number of carbonyl (C=O) groups is 3. The molecule has 1 aromatic heterocycles. The highest BCUT2D eigenvalue weighted by molar-refractivity contribution is 6.15. The fourth-order valence-corrected chi connectivity index (χ4v) is 4.34. The Labute approximate surface area is 216 Å². The van der Waals surface area contributed by atoms with Gasteiger partial charge in [0.05, 0.1) is 36.6 Å². The maximum absolute atomic E-state index is 15.9. The summed E-state index contributed by atoms with van der Waals surface area (Å²) in [6, 6.07) is 12.4. The van der Waals surface area contributed by atoms with Crippen LogP contribution in [0.15, 0.2) is 54.7 Å². The Bertz CT molecular complexity index is 1610. The minimum Gasteiger partial charge on any atom is -0.497 e. The highest BCUT2D eigenvalue weighted by Gasteiger charge is 2.23. The number of hydrogen-bond donors (Lipinski definition) is 1. The molecule has 1 amide bonds. The lowest BCUT2D eigenvalue weighted by atomic mass is 10.00. The zero-order valence-electron chi connectivity index (χ0n) is 20.8. The van der Waals surface area contributed by atoms with Crippen LogP contribution >= 0.6 is 0 Å². The molecular weight excluding hydrogens is 495 g/mol. The van der Waals surface area contributed by atoms with E-state index in [-0.39, 0.29) is 28.3 Å². The van der Waals surface area contributed by atoms with Gasteiger partial charge in [-0.15, -0.1) is 0 Å². The van der Waals surface area contributed by atoms with Crippen molar-refractivity contribution in [3.63, 3.8) is 0 Å². The van der Waals surface area contributed by atoms with Gasteiger partial charge in [-0.3, -0.25) is 14.2 Å². The minimum absolute atomic E-state index is 0.0296. The summed E-state index contributed by atoms with van der Waals surface area (Å²) in [6.45, 7) is 2.12. The van der Waals surface area contributed by atoms with Gasteiger partial charge >= 0.3 is 5.97 Å². The molecule has 1 aliphatic rings. The number of halogens is 1. The Balaban J connectivity index is 1.60. The molecule has 38 heavy (non-hydrogen) atoms. The average Bonchev–Trinajstić information content (AvgIpc) is 3.32. The molecule has 0 spiro atoms. The van der Waals surface area contributed by atoms with E-state index >= 15 is 4.39 Å². The van der Waals surface area contributed by atoms with Crippen molar-refractivity contribution in [1.82, 2.24) is 4.57 Å². The lowest BCUT2D eigenvalue weighted by Crippen LogP contribution is -2.15. The van der Waals surface area contributed by atoms with Gasteiger partial charge in [-0.2, -0.15) is 0 Å². The number of ether oxygens (including phenoxy) is 4. The number of anilines is 1.